The molecule has 0 amide bonds. The van der Waals surface area contributed by atoms with Crippen LogP contribution in [0.4, 0.5) is 5.95 Å². The lowest BCUT2D eigenvalue weighted by molar-refractivity contribution is 0.122. The van der Waals surface area contributed by atoms with E-state index in [1.807, 2.05) is 40.6 Å². The van der Waals surface area contributed by atoms with E-state index >= 15 is 0 Å². The van der Waals surface area contributed by atoms with Crippen molar-refractivity contribution in [3.8, 4) is 6.07 Å². The van der Waals surface area contributed by atoms with Gasteiger partial charge in [-0.2, -0.15) is 20.2 Å². The van der Waals surface area contributed by atoms with Crippen LogP contribution in [-0.2, 0) is 4.74 Å². The molecular weight excluding hydrogens is 384 g/mol. The monoisotopic (exact) mass is 398 g/mol. The minimum Gasteiger partial charge on any atom is -0.378 e. The van der Waals surface area contributed by atoms with Crippen molar-refractivity contribution in [2.75, 3.05) is 31.2 Å². The van der Waals surface area contributed by atoms with Crippen molar-refractivity contribution < 1.29 is 4.74 Å². The number of rotatable bonds is 3. The Labute approximate surface area is 165 Å². The van der Waals surface area contributed by atoms with Gasteiger partial charge in [0.15, 0.2) is 5.82 Å². The first kappa shape index (κ1) is 17.8. The van der Waals surface area contributed by atoms with Gasteiger partial charge in [0.25, 0.3) is 0 Å². The summed E-state index contributed by atoms with van der Waals surface area (Å²) in [6.45, 7) is 2.55. The summed E-state index contributed by atoms with van der Waals surface area (Å²) in [4.78, 5) is 14.8. The van der Waals surface area contributed by atoms with Gasteiger partial charge in [0.1, 0.15) is 11.6 Å². The summed E-state index contributed by atoms with van der Waals surface area (Å²) in [5.74, 6) is 0.720. The lowest BCUT2D eigenvalue weighted by Gasteiger charge is -2.26. The zero-order chi connectivity index (χ0) is 18.6. The number of nitrogens with one attached hydrogen (secondary N) is 1. The van der Waals surface area contributed by atoms with Gasteiger partial charge < -0.3 is 15.0 Å². The lowest BCUT2D eigenvalue weighted by atomic mass is 10.2. The third-order valence-electron chi connectivity index (χ3n) is 4.08. The van der Waals surface area contributed by atoms with Gasteiger partial charge in [0.2, 0.25) is 11.2 Å². The van der Waals surface area contributed by atoms with Crippen LogP contribution in [0.25, 0.3) is 11.3 Å². The highest BCUT2D eigenvalue weighted by Crippen LogP contribution is 2.34. The number of aromatic nitrogens is 3. The minimum absolute atomic E-state index is 0.0640. The Hall–Kier alpha value is -2.60. The van der Waals surface area contributed by atoms with Crippen molar-refractivity contribution in [1.29, 1.82) is 5.26 Å². The maximum Gasteiger partial charge on any atom is 0.230 e. The highest BCUT2D eigenvalue weighted by molar-refractivity contribution is 8.06. The van der Waals surface area contributed by atoms with E-state index in [2.05, 4.69) is 26.3 Å². The van der Waals surface area contributed by atoms with Gasteiger partial charge >= 0.3 is 0 Å². The van der Waals surface area contributed by atoms with Gasteiger partial charge in [-0.3, -0.25) is 0 Å². The Balaban J connectivity index is 1.64. The number of allylic oxidation sites excluding steroid dienone is 1. The number of hydrogen-bond donors (Lipinski definition) is 1. The second-order valence-electron chi connectivity index (χ2n) is 5.78. The zero-order valence-corrected chi connectivity index (χ0v) is 15.8. The topological polar surface area (TPSA) is 87.0 Å². The maximum atomic E-state index is 9.73. The molecule has 2 aliphatic heterocycles. The molecule has 2 aromatic rings. The first-order chi connectivity index (χ1) is 13.2. The van der Waals surface area contributed by atoms with Gasteiger partial charge in [0, 0.05) is 18.5 Å². The van der Waals surface area contributed by atoms with Crippen molar-refractivity contribution in [2.24, 2.45) is 0 Å². The standard InChI is InChI=1S/C18H15ClN6OS/c19-17-22-15(23-18(24-17)25-6-8-26-9-7-25)13(10-20)16-21-14(11-27-16)12-4-2-1-3-5-12/h1-5,11,21H,6-9H2/b16-13-. The zero-order valence-electron chi connectivity index (χ0n) is 14.2. The fraction of sp³-hybridized carbons (Fsp3) is 0.222. The number of nitrogens with zero attached hydrogens (tertiary/aromatic N) is 5. The summed E-state index contributed by atoms with van der Waals surface area (Å²) >= 11 is 7.54. The number of benzene rings is 1. The molecule has 0 radical (unpaired) electrons. The predicted molar refractivity (Wildman–Crippen MR) is 106 cm³/mol. The summed E-state index contributed by atoms with van der Waals surface area (Å²) in [5.41, 5.74) is 2.30. The van der Waals surface area contributed by atoms with E-state index in [0.717, 1.165) is 11.3 Å². The van der Waals surface area contributed by atoms with Crippen LogP contribution in [0.15, 0.2) is 40.8 Å². The van der Waals surface area contributed by atoms with Crippen LogP contribution in [0.1, 0.15) is 11.4 Å². The van der Waals surface area contributed by atoms with E-state index in [0.29, 0.717) is 42.9 Å². The normalized spacial score (nSPS) is 18.5. The fourth-order valence-corrected chi connectivity index (χ4v) is 3.75. The van der Waals surface area contributed by atoms with Crippen molar-refractivity contribution in [3.63, 3.8) is 0 Å². The quantitative estimate of drug-likeness (QED) is 0.790. The van der Waals surface area contributed by atoms with Crippen molar-refractivity contribution in [2.45, 2.75) is 0 Å². The Morgan fingerprint density at radius 1 is 1.19 bits per heavy atom. The smallest absolute Gasteiger partial charge is 0.230 e. The fourth-order valence-electron chi connectivity index (χ4n) is 2.74. The van der Waals surface area contributed by atoms with Gasteiger partial charge in [-0.15, -0.1) is 0 Å². The Bertz CT molecular complexity index is 950. The molecule has 27 heavy (non-hydrogen) atoms. The summed E-state index contributed by atoms with van der Waals surface area (Å²) in [5, 5.41) is 15.7. The van der Waals surface area contributed by atoms with Crippen LogP contribution in [0.3, 0.4) is 0 Å². The molecule has 0 spiro atoms. The molecule has 0 atom stereocenters. The molecule has 7 nitrogen and oxygen atoms in total. The number of morpholine rings is 1. The average Bonchev–Trinajstić information content (AvgIpc) is 3.19. The van der Waals surface area contributed by atoms with Crippen LogP contribution < -0.4 is 10.2 Å². The van der Waals surface area contributed by atoms with E-state index in [1.165, 1.54) is 11.8 Å². The molecule has 1 aromatic heterocycles. The second kappa shape index (κ2) is 7.96. The lowest BCUT2D eigenvalue weighted by Crippen LogP contribution is -2.37. The highest BCUT2D eigenvalue weighted by Gasteiger charge is 2.22. The predicted octanol–water partition coefficient (Wildman–Crippen LogP) is 2.89. The third-order valence-corrected chi connectivity index (χ3v) is 5.14. The first-order valence-electron chi connectivity index (χ1n) is 8.33. The van der Waals surface area contributed by atoms with Gasteiger partial charge in [-0.05, 0) is 17.2 Å². The molecule has 4 rings (SSSR count). The number of halogens is 1. The molecule has 1 aromatic carbocycles. The number of hydrogen-bond acceptors (Lipinski definition) is 8. The first-order valence-corrected chi connectivity index (χ1v) is 9.58. The van der Waals surface area contributed by atoms with E-state index < -0.39 is 0 Å². The van der Waals surface area contributed by atoms with Crippen LogP contribution in [0.5, 0.6) is 0 Å². The molecule has 2 aliphatic rings. The minimum atomic E-state index is 0.0640. The van der Waals surface area contributed by atoms with Crippen LogP contribution in [-0.4, -0.2) is 41.3 Å². The molecule has 0 saturated carbocycles. The largest absolute Gasteiger partial charge is 0.378 e. The summed E-state index contributed by atoms with van der Waals surface area (Å²) in [6, 6.07) is 12.1. The number of nitriles is 1. The molecule has 136 valence electrons. The van der Waals surface area contributed by atoms with E-state index in [1.54, 1.807) is 0 Å². The van der Waals surface area contributed by atoms with Crippen LogP contribution >= 0.6 is 23.4 Å². The van der Waals surface area contributed by atoms with Crippen LogP contribution in [0, 0.1) is 11.3 Å². The van der Waals surface area contributed by atoms with Gasteiger partial charge in [0.05, 0.1) is 23.9 Å². The number of ether oxygens (including phenoxy) is 1. The highest BCUT2D eigenvalue weighted by atomic mass is 35.5. The Morgan fingerprint density at radius 3 is 2.70 bits per heavy atom. The summed E-state index contributed by atoms with van der Waals surface area (Å²) in [7, 11) is 0. The second-order valence-corrected chi connectivity index (χ2v) is 7.00. The molecule has 9 heteroatoms. The van der Waals surface area contributed by atoms with Crippen LogP contribution in [0.2, 0.25) is 5.28 Å². The number of anilines is 1. The van der Waals surface area contributed by atoms with Crippen molar-refractivity contribution >= 4 is 40.6 Å². The Kier molecular flexibility index (Phi) is 5.25. The molecular formula is C18H15ClN6OS. The summed E-state index contributed by atoms with van der Waals surface area (Å²) in [6.07, 6.45) is 0. The molecule has 1 N–H and O–H groups in total. The van der Waals surface area contributed by atoms with Crippen molar-refractivity contribution in [3.05, 3.63) is 57.4 Å². The maximum absolute atomic E-state index is 9.73. The van der Waals surface area contributed by atoms with Gasteiger partial charge in [-0.25, -0.2) is 0 Å². The average molecular weight is 399 g/mol. The molecule has 0 bridgehead atoms. The molecule has 3 heterocycles. The molecule has 0 aliphatic carbocycles. The molecule has 1 saturated heterocycles. The molecule has 1 fully saturated rings. The third kappa shape index (κ3) is 3.90. The van der Waals surface area contributed by atoms with E-state index in [-0.39, 0.29) is 11.1 Å². The van der Waals surface area contributed by atoms with Gasteiger partial charge in [-0.1, -0.05) is 42.1 Å². The Morgan fingerprint density at radius 2 is 1.96 bits per heavy atom. The number of thioether (sulfide) groups is 1. The van der Waals surface area contributed by atoms with Crippen molar-refractivity contribution in [1.82, 2.24) is 20.3 Å². The van der Waals surface area contributed by atoms with E-state index in [9.17, 15) is 5.26 Å². The molecule has 0 unspecified atom stereocenters. The van der Waals surface area contributed by atoms with E-state index in [4.69, 9.17) is 16.3 Å². The summed E-state index contributed by atoms with van der Waals surface area (Å²) < 4.78 is 5.36. The SMILES string of the molecule is N#C/C(=C1\NC(c2ccccc2)=CS1)c1nc(Cl)nc(N2CCOCC2)n1.